The molecule has 4 nitrogen and oxygen atoms in total. The van der Waals surface area contributed by atoms with Crippen molar-refractivity contribution in [1.29, 1.82) is 0 Å². The number of aromatic amines is 1. The van der Waals surface area contributed by atoms with Crippen molar-refractivity contribution < 1.29 is 0 Å². The normalized spacial score (nSPS) is 10.8. The van der Waals surface area contributed by atoms with Crippen LogP contribution in [-0.4, -0.2) is 19.7 Å². The van der Waals surface area contributed by atoms with Gasteiger partial charge in [-0.25, -0.2) is 0 Å². The Hall–Kier alpha value is -1.79. The lowest BCUT2D eigenvalue weighted by atomic mass is 10.1. The van der Waals surface area contributed by atoms with Gasteiger partial charge in [-0.15, -0.1) is 11.3 Å². The molecule has 3 aromatic rings. The van der Waals surface area contributed by atoms with Gasteiger partial charge in [0.1, 0.15) is 0 Å². The number of thiophene rings is 1. The van der Waals surface area contributed by atoms with Gasteiger partial charge in [0.2, 0.25) is 0 Å². The Balaban J connectivity index is 2.05. The summed E-state index contributed by atoms with van der Waals surface area (Å²) >= 11 is 6.97. The van der Waals surface area contributed by atoms with Crippen molar-refractivity contribution in [3.63, 3.8) is 0 Å². The number of nitrogens with one attached hydrogen (secondary N) is 1. The molecule has 0 aliphatic carbocycles. The van der Waals surface area contributed by atoms with E-state index in [1.165, 1.54) is 5.56 Å². The molecule has 0 aliphatic heterocycles. The van der Waals surface area contributed by atoms with Crippen LogP contribution in [0, 0.1) is 11.7 Å². The minimum atomic E-state index is 0.631. The van der Waals surface area contributed by atoms with Gasteiger partial charge >= 0.3 is 0 Å². The Bertz CT molecular complexity index is 740. The number of hydrogen-bond donors (Lipinski definition) is 1. The number of aryl methyl sites for hydroxylation is 1. The van der Waals surface area contributed by atoms with Gasteiger partial charge in [-0.3, -0.25) is 14.6 Å². The van der Waals surface area contributed by atoms with Crippen LogP contribution in [0.3, 0.4) is 0 Å². The average molecular weight is 288 g/mol. The van der Waals surface area contributed by atoms with Crippen molar-refractivity contribution >= 4 is 23.6 Å². The zero-order chi connectivity index (χ0) is 13.2. The van der Waals surface area contributed by atoms with E-state index in [4.69, 9.17) is 12.2 Å². The fourth-order valence-electron chi connectivity index (χ4n) is 1.89. The molecule has 0 spiro atoms. The molecule has 0 saturated carbocycles. The quantitative estimate of drug-likeness (QED) is 0.751. The van der Waals surface area contributed by atoms with E-state index in [0.717, 1.165) is 16.3 Å². The summed E-state index contributed by atoms with van der Waals surface area (Å²) < 4.78 is 2.64. The summed E-state index contributed by atoms with van der Waals surface area (Å²) in [7, 11) is 0. The maximum Gasteiger partial charge on any atom is 0.195 e. The first-order chi connectivity index (χ1) is 9.25. The van der Waals surface area contributed by atoms with Crippen molar-refractivity contribution in [2.75, 3.05) is 0 Å². The molecule has 96 valence electrons. The van der Waals surface area contributed by atoms with Gasteiger partial charge in [-0.05, 0) is 47.8 Å². The van der Waals surface area contributed by atoms with Gasteiger partial charge in [-0.2, -0.15) is 5.10 Å². The van der Waals surface area contributed by atoms with Crippen LogP contribution in [0.2, 0.25) is 0 Å². The molecule has 3 aromatic heterocycles. The maximum atomic E-state index is 5.32. The third-order valence-corrected chi connectivity index (χ3v) is 4.15. The summed E-state index contributed by atoms with van der Waals surface area (Å²) in [5.74, 6) is 0.878. The number of aromatic nitrogens is 4. The van der Waals surface area contributed by atoms with Crippen molar-refractivity contribution in [1.82, 2.24) is 19.7 Å². The van der Waals surface area contributed by atoms with Gasteiger partial charge in [0, 0.05) is 12.4 Å². The lowest BCUT2D eigenvalue weighted by molar-refractivity contribution is 0.782. The van der Waals surface area contributed by atoms with Crippen molar-refractivity contribution in [3.8, 4) is 10.7 Å². The highest BCUT2D eigenvalue weighted by Gasteiger charge is 2.11. The molecule has 19 heavy (non-hydrogen) atoms. The molecule has 0 aliphatic rings. The van der Waals surface area contributed by atoms with Crippen molar-refractivity contribution in [2.45, 2.75) is 13.5 Å². The largest absolute Gasteiger partial charge is 0.295 e. The molecule has 0 atom stereocenters. The van der Waals surface area contributed by atoms with Gasteiger partial charge in [0.05, 0.1) is 11.4 Å². The highest BCUT2D eigenvalue weighted by molar-refractivity contribution is 7.71. The molecular weight excluding hydrogens is 276 g/mol. The summed E-state index contributed by atoms with van der Waals surface area (Å²) in [6, 6.07) is 6.06. The smallest absolute Gasteiger partial charge is 0.195 e. The molecule has 0 fully saturated rings. The van der Waals surface area contributed by atoms with Crippen LogP contribution in [0.15, 0.2) is 36.0 Å². The van der Waals surface area contributed by atoms with Crippen LogP contribution in [0.5, 0.6) is 0 Å². The third kappa shape index (κ3) is 2.36. The monoisotopic (exact) mass is 288 g/mol. The Morgan fingerprint density at radius 1 is 1.42 bits per heavy atom. The zero-order valence-electron chi connectivity index (χ0n) is 10.3. The fourth-order valence-corrected chi connectivity index (χ4v) is 2.81. The Morgan fingerprint density at radius 3 is 3.05 bits per heavy atom. The highest BCUT2D eigenvalue weighted by atomic mass is 32.1. The first-order valence-corrected chi connectivity index (χ1v) is 7.13. The minimum absolute atomic E-state index is 0.631. The fraction of sp³-hybridized carbons (Fsp3) is 0.154. The first kappa shape index (κ1) is 12.3. The third-order valence-electron chi connectivity index (χ3n) is 2.98. The molecule has 6 heteroatoms. The number of rotatable bonds is 3. The average Bonchev–Trinajstić information content (AvgIpc) is 3.03. The number of nitrogens with zero attached hydrogens (tertiary/aromatic N) is 3. The Kier molecular flexibility index (Phi) is 3.27. The van der Waals surface area contributed by atoms with Crippen molar-refractivity contribution in [2.24, 2.45) is 0 Å². The van der Waals surface area contributed by atoms with Crippen LogP contribution in [0.1, 0.15) is 11.1 Å². The maximum absolute atomic E-state index is 5.32. The van der Waals surface area contributed by atoms with E-state index in [0.29, 0.717) is 11.3 Å². The molecule has 3 rings (SSSR count). The molecule has 0 saturated heterocycles. The highest BCUT2D eigenvalue weighted by Crippen LogP contribution is 2.23. The number of H-pyrrole nitrogens is 1. The topological polar surface area (TPSA) is 46.5 Å². The van der Waals surface area contributed by atoms with Crippen LogP contribution < -0.4 is 0 Å². The predicted octanol–water partition coefficient (Wildman–Crippen LogP) is 3.42. The van der Waals surface area contributed by atoms with Gasteiger partial charge in [0.25, 0.3) is 0 Å². The molecular formula is C13H12N4S2. The first-order valence-electron chi connectivity index (χ1n) is 5.84. The SMILES string of the molecule is Cc1ccncc1Cn1c(-c2cccs2)n[nH]c1=S. The van der Waals surface area contributed by atoms with E-state index in [-0.39, 0.29) is 0 Å². The van der Waals surface area contributed by atoms with E-state index in [1.54, 1.807) is 17.5 Å². The second-order valence-corrected chi connectivity index (χ2v) is 5.55. The zero-order valence-corrected chi connectivity index (χ0v) is 12.0. The van der Waals surface area contributed by atoms with E-state index in [9.17, 15) is 0 Å². The lowest BCUT2D eigenvalue weighted by Gasteiger charge is -2.07. The van der Waals surface area contributed by atoms with Gasteiger partial charge in [0.15, 0.2) is 10.6 Å². The second kappa shape index (κ2) is 5.07. The van der Waals surface area contributed by atoms with E-state index in [1.807, 2.05) is 34.3 Å². The summed E-state index contributed by atoms with van der Waals surface area (Å²) in [4.78, 5) is 5.28. The molecule has 3 heterocycles. The van der Waals surface area contributed by atoms with E-state index >= 15 is 0 Å². The summed E-state index contributed by atoms with van der Waals surface area (Å²) in [5.41, 5.74) is 2.35. The predicted molar refractivity (Wildman–Crippen MR) is 78.8 cm³/mol. The summed E-state index contributed by atoms with van der Waals surface area (Å²) in [6.07, 6.45) is 3.68. The second-order valence-electron chi connectivity index (χ2n) is 4.22. The Morgan fingerprint density at radius 2 is 2.32 bits per heavy atom. The number of pyridine rings is 1. The molecule has 0 bridgehead atoms. The van der Waals surface area contributed by atoms with Crippen LogP contribution >= 0.6 is 23.6 Å². The Labute approximate surface area is 119 Å². The standard InChI is InChI=1S/C13H12N4S2/c1-9-4-5-14-7-10(9)8-17-12(15-16-13(17)18)11-3-2-6-19-11/h2-7H,8H2,1H3,(H,16,18). The minimum Gasteiger partial charge on any atom is -0.295 e. The molecule has 0 amide bonds. The van der Waals surface area contributed by atoms with E-state index in [2.05, 4.69) is 22.1 Å². The molecule has 1 N–H and O–H groups in total. The number of hydrogen-bond acceptors (Lipinski definition) is 4. The van der Waals surface area contributed by atoms with E-state index < -0.39 is 0 Å². The van der Waals surface area contributed by atoms with Gasteiger partial charge < -0.3 is 0 Å². The van der Waals surface area contributed by atoms with Crippen molar-refractivity contribution in [3.05, 3.63) is 51.9 Å². The molecule has 0 unspecified atom stereocenters. The lowest BCUT2D eigenvalue weighted by Crippen LogP contribution is -2.03. The van der Waals surface area contributed by atoms with Crippen LogP contribution in [0.25, 0.3) is 10.7 Å². The summed E-state index contributed by atoms with van der Waals surface area (Å²) in [6.45, 7) is 2.76. The molecule has 0 aromatic carbocycles. The molecule has 0 radical (unpaired) electrons. The van der Waals surface area contributed by atoms with Gasteiger partial charge in [-0.1, -0.05) is 6.07 Å². The van der Waals surface area contributed by atoms with Crippen LogP contribution in [-0.2, 0) is 6.54 Å². The summed E-state index contributed by atoms with van der Waals surface area (Å²) in [5, 5.41) is 9.22. The van der Waals surface area contributed by atoms with Crippen LogP contribution in [0.4, 0.5) is 0 Å².